The number of benzene rings is 2. The molecule has 0 spiro atoms. The first-order valence-corrected chi connectivity index (χ1v) is 18.6. The molecule has 268 valence electrons. The number of hydrogen-bond acceptors (Lipinski definition) is 10. The van der Waals surface area contributed by atoms with E-state index in [-0.39, 0.29) is 25.6 Å². The van der Waals surface area contributed by atoms with Gasteiger partial charge >= 0.3 is 12.2 Å². The van der Waals surface area contributed by atoms with Gasteiger partial charge in [0.2, 0.25) is 5.91 Å². The van der Waals surface area contributed by atoms with Gasteiger partial charge in [0.05, 0.1) is 39.8 Å². The number of aliphatic hydroxyl groups excluding tert-OH is 1. The minimum Gasteiger partial charge on any atom is -0.449 e. The standard InChI is InChI=1S/C37H47N5O6S2/c1-24(2)33(42-37(46)47-16-15-28-22-49-35(39-28)25(3)4)34(44)41-31(18-27-13-9-6-10-14-27)32(43)19-29(17-26-11-7-5-8-12-26)40-36(45)48-21-30-20-38-23-50-30/h5-14,20,22-25,29,31-33,43H,15-19,21H2,1-4H3,(H,40,45)(H,41,44)(H,42,46)/t29-,31-,32-,33?/m0/s1. The Morgan fingerprint density at radius 2 is 1.50 bits per heavy atom. The number of thiazole rings is 2. The SMILES string of the molecule is CC(C)c1nc(CCOC(=O)NC(C(=O)N[C@@H](Cc2ccccc2)[C@@H](O)C[C@H](Cc2ccccc2)NC(=O)OCc2cncs2)C(C)C)cs1. The summed E-state index contributed by atoms with van der Waals surface area (Å²) in [5.41, 5.74) is 4.40. The fraction of sp³-hybridized carbons (Fsp3) is 0.432. The lowest BCUT2D eigenvalue weighted by atomic mass is 9.93. The van der Waals surface area contributed by atoms with E-state index >= 15 is 0 Å². The molecule has 0 aliphatic carbocycles. The molecule has 3 amide bonds. The van der Waals surface area contributed by atoms with Crippen LogP contribution in [0.15, 0.2) is 77.8 Å². The number of hydrogen-bond donors (Lipinski definition) is 4. The van der Waals surface area contributed by atoms with Gasteiger partial charge in [0.15, 0.2) is 0 Å². The molecule has 0 fully saturated rings. The number of aromatic nitrogens is 2. The number of carbonyl (C=O) groups is 3. The van der Waals surface area contributed by atoms with Gasteiger partial charge < -0.3 is 30.5 Å². The van der Waals surface area contributed by atoms with E-state index < -0.39 is 42.3 Å². The van der Waals surface area contributed by atoms with Gasteiger partial charge in [0.1, 0.15) is 12.6 Å². The maximum absolute atomic E-state index is 13.7. The largest absolute Gasteiger partial charge is 0.449 e. The van der Waals surface area contributed by atoms with Gasteiger partial charge in [-0.25, -0.2) is 14.6 Å². The molecule has 0 radical (unpaired) electrons. The topological polar surface area (TPSA) is 152 Å². The smallest absolute Gasteiger partial charge is 0.407 e. The average Bonchev–Trinajstić information content (AvgIpc) is 3.80. The van der Waals surface area contributed by atoms with Crippen LogP contribution in [-0.4, -0.2) is 64.0 Å². The van der Waals surface area contributed by atoms with Crippen molar-refractivity contribution in [1.29, 1.82) is 0 Å². The summed E-state index contributed by atoms with van der Waals surface area (Å²) in [6, 6.07) is 17.0. The molecular formula is C37H47N5O6S2. The van der Waals surface area contributed by atoms with Gasteiger partial charge in [-0.05, 0) is 36.3 Å². The van der Waals surface area contributed by atoms with Crippen LogP contribution >= 0.6 is 22.7 Å². The monoisotopic (exact) mass is 721 g/mol. The fourth-order valence-corrected chi connectivity index (χ4v) is 6.66. The first-order chi connectivity index (χ1) is 24.1. The summed E-state index contributed by atoms with van der Waals surface area (Å²) in [4.78, 5) is 48.8. The lowest BCUT2D eigenvalue weighted by Crippen LogP contribution is -2.56. The molecule has 0 aliphatic rings. The molecule has 4 N–H and O–H groups in total. The molecule has 2 aromatic heterocycles. The predicted octanol–water partition coefficient (Wildman–Crippen LogP) is 6.03. The number of rotatable bonds is 18. The van der Waals surface area contributed by atoms with Gasteiger partial charge in [-0.15, -0.1) is 22.7 Å². The zero-order valence-corrected chi connectivity index (χ0v) is 30.5. The van der Waals surface area contributed by atoms with Gasteiger partial charge in [-0.1, -0.05) is 88.4 Å². The minimum absolute atomic E-state index is 0.0831. The molecule has 0 saturated heterocycles. The molecule has 1 unspecified atom stereocenters. The number of ether oxygens (including phenoxy) is 2. The minimum atomic E-state index is -1.07. The summed E-state index contributed by atoms with van der Waals surface area (Å²) in [6.07, 6.45) is 0.600. The molecule has 13 heteroatoms. The van der Waals surface area contributed by atoms with Crippen LogP contribution in [0.2, 0.25) is 0 Å². The van der Waals surface area contributed by atoms with Crippen molar-refractivity contribution >= 4 is 40.8 Å². The molecule has 4 atom stereocenters. The van der Waals surface area contributed by atoms with E-state index in [1.165, 1.54) is 11.3 Å². The number of alkyl carbamates (subject to hydrolysis) is 2. The molecule has 50 heavy (non-hydrogen) atoms. The second kappa shape index (κ2) is 19.8. The lowest BCUT2D eigenvalue weighted by Gasteiger charge is -2.30. The van der Waals surface area contributed by atoms with Gasteiger partial charge in [-0.2, -0.15) is 0 Å². The normalized spacial score (nSPS) is 13.7. The van der Waals surface area contributed by atoms with Crippen molar-refractivity contribution in [2.75, 3.05) is 6.61 Å². The Hall–Kier alpha value is -4.33. The maximum Gasteiger partial charge on any atom is 0.407 e. The van der Waals surface area contributed by atoms with Crippen LogP contribution < -0.4 is 16.0 Å². The molecular weight excluding hydrogens is 675 g/mol. The Kier molecular flexibility index (Phi) is 15.2. The van der Waals surface area contributed by atoms with E-state index in [1.807, 2.05) is 79.9 Å². The maximum atomic E-state index is 13.7. The zero-order valence-electron chi connectivity index (χ0n) is 28.9. The van der Waals surface area contributed by atoms with Crippen LogP contribution in [0, 0.1) is 5.92 Å². The molecule has 0 bridgehead atoms. The Morgan fingerprint density at radius 1 is 0.840 bits per heavy atom. The fourth-order valence-electron chi connectivity index (χ4n) is 5.28. The molecule has 4 aromatic rings. The summed E-state index contributed by atoms with van der Waals surface area (Å²) in [7, 11) is 0. The van der Waals surface area contributed by atoms with Crippen molar-refractivity contribution in [2.45, 2.75) is 90.1 Å². The van der Waals surface area contributed by atoms with Crippen molar-refractivity contribution in [3.05, 3.63) is 104 Å². The van der Waals surface area contributed by atoms with Gasteiger partial charge in [-0.3, -0.25) is 9.78 Å². The Balaban J connectivity index is 1.42. The van der Waals surface area contributed by atoms with Crippen molar-refractivity contribution < 1.29 is 29.0 Å². The van der Waals surface area contributed by atoms with E-state index in [2.05, 4.69) is 39.8 Å². The highest BCUT2D eigenvalue weighted by Crippen LogP contribution is 2.20. The van der Waals surface area contributed by atoms with Crippen molar-refractivity contribution in [2.24, 2.45) is 5.92 Å². The first-order valence-electron chi connectivity index (χ1n) is 16.8. The van der Waals surface area contributed by atoms with Crippen molar-refractivity contribution in [3.8, 4) is 0 Å². The molecule has 11 nitrogen and oxygen atoms in total. The Bertz CT molecular complexity index is 1600. The van der Waals surface area contributed by atoms with E-state index in [4.69, 9.17) is 9.47 Å². The number of amides is 3. The van der Waals surface area contributed by atoms with Crippen LogP contribution in [0.1, 0.15) is 66.7 Å². The van der Waals surface area contributed by atoms with Crippen LogP contribution in [0.5, 0.6) is 0 Å². The zero-order chi connectivity index (χ0) is 35.9. The highest BCUT2D eigenvalue weighted by atomic mass is 32.1. The third-order valence-corrected chi connectivity index (χ3v) is 9.92. The molecule has 0 saturated carbocycles. The van der Waals surface area contributed by atoms with Crippen LogP contribution in [0.3, 0.4) is 0 Å². The summed E-state index contributed by atoms with van der Waals surface area (Å²) >= 11 is 2.97. The highest BCUT2D eigenvalue weighted by molar-refractivity contribution is 7.09. The van der Waals surface area contributed by atoms with E-state index in [0.717, 1.165) is 26.7 Å². The van der Waals surface area contributed by atoms with E-state index in [1.54, 1.807) is 23.0 Å². The quantitative estimate of drug-likeness (QED) is 0.0973. The Morgan fingerprint density at radius 3 is 2.10 bits per heavy atom. The molecule has 2 aromatic carbocycles. The number of nitrogens with zero attached hydrogens (tertiary/aromatic N) is 2. The van der Waals surface area contributed by atoms with E-state index in [9.17, 15) is 19.5 Å². The first kappa shape index (κ1) is 38.5. The van der Waals surface area contributed by atoms with E-state index in [0.29, 0.717) is 25.2 Å². The summed E-state index contributed by atoms with van der Waals surface area (Å²) in [5, 5.41) is 23.3. The van der Waals surface area contributed by atoms with Crippen LogP contribution in [0.25, 0.3) is 0 Å². The third kappa shape index (κ3) is 12.8. The third-order valence-electron chi connectivity index (χ3n) is 7.97. The molecule has 4 rings (SSSR count). The summed E-state index contributed by atoms with van der Waals surface area (Å²) < 4.78 is 10.8. The second-order valence-electron chi connectivity index (χ2n) is 12.8. The predicted molar refractivity (Wildman–Crippen MR) is 195 cm³/mol. The summed E-state index contributed by atoms with van der Waals surface area (Å²) in [6.45, 7) is 8.02. The molecule has 0 aliphatic heterocycles. The van der Waals surface area contributed by atoms with Crippen molar-refractivity contribution in [3.63, 3.8) is 0 Å². The van der Waals surface area contributed by atoms with Crippen molar-refractivity contribution in [1.82, 2.24) is 25.9 Å². The average molecular weight is 722 g/mol. The Labute approximate surface area is 301 Å². The number of nitrogens with one attached hydrogen (secondary N) is 3. The van der Waals surface area contributed by atoms with Crippen LogP contribution in [-0.2, 0) is 40.1 Å². The van der Waals surface area contributed by atoms with Crippen LogP contribution in [0.4, 0.5) is 9.59 Å². The number of carbonyl (C=O) groups excluding carboxylic acids is 3. The summed E-state index contributed by atoms with van der Waals surface area (Å²) in [5.74, 6) is -0.394. The lowest BCUT2D eigenvalue weighted by molar-refractivity contribution is -0.125. The second-order valence-corrected chi connectivity index (χ2v) is 14.6. The highest BCUT2D eigenvalue weighted by Gasteiger charge is 2.31. The molecule has 2 heterocycles. The number of aliphatic hydroxyl groups is 1. The van der Waals surface area contributed by atoms with Gasteiger partial charge in [0.25, 0.3) is 0 Å². The van der Waals surface area contributed by atoms with Gasteiger partial charge in [0, 0.05) is 30.0 Å².